The second-order valence-corrected chi connectivity index (χ2v) is 4.59. The molecular formula is C16H17ClF2. The van der Waals surface area contributed by atoms with Crippen LogP contribution in [0.15, 0.2) is 48.5 Å². The van der Waals surface area contributed by atoms with Crippen LogP contribution in [-0.2, 0) is 6.42 Å². The Morgan fingerprint density at radius 3 is 1.74 bits per heavy atom. The molecule has 2 rings (SSSR count). The highest BCUT2D eigenvalue weighted by Gasteiger charge is 1.92. The van der Waals surface area contributed by atoms with E-state index in [9.17, 15) is 8.78 Å². The van der Waals surface area contributed by atoms with Gasteiger partial charge in [0.05, 0.1) is 0 Å². The van der Waals surface area contributed by atoms with Gasteiger partial charge >= 0.3 is 0 Å². The highest BCUT2D eigenvalue weighted by atomic mass is 35.5. The van der Waals surface area contributed by atoms with E-state index in [2.05, 4.69) is 0 Å². The van der Waals surface area contributed by atoms with Crippen molar-refractivity contribution >= 4 is 11.6 Å². The van der Waals surface area contributed by atoms with Crippen molar-refractivity contribution in [3.8, 4) is 0 Å². The Labute approximate surface area is 118 Å². The smallest absolute Gasteiger partial charge is 0.123 e. The van der Waals surface area contributed by atoms with Gasteiger partial charge in [0.25, 0.3) is 0 Å². The largest absolute Gasteiger partial charge is 0.207 e. The van der Waals surface area contributed by atoms with Gasteiger partial charge in [-0.3, -0.25) is 0 Å². The molecule has 0 saturated carbocycles. The van der Waals surface area contributed by atoms with Crippen LogP contribution in [-0.4, -0.2) is 5.88 Å². The summed E-state index contributed by atoms with van der Waals surface area (Å²) in [4.78, 5) is 0. The minimum absolute atomic E-state index is 0.171. The van der Waals surface area contributed by atoms with Crippen molar-refractivity contribution in [1.29, 1.82) is 0 Å². The second-order valence-electron chi connectivity index (χ2n) is 4.21. The maximum atomic E-state index is 12.4. The lowest BCUT2D eigenvalue weighted by molar-refractivity contribution is 0.626. The van der Waals surface area contributed by atoms with E-state index in [-0.39, 0.29) is 11.6 Å². The Bertz CT molecular complexity index is 442. The van der Waals surface area contributed by atoms with Crippen LogP contribution < -0.4 is 0 Å². The van der Waals surface area contributed by atoms with Crippen molar-refractivity contribution in [1.82, 2.24) is 0 Å². The highest BCUT2D eigenvalue weighted by Crippen LogP contribution is 2.05. The molecule has 0 unspecified atom stereocenters. The molecule has 0 spiro atoms. The first-order valence-electron chi connectivity index (χ1n) is 6.14. The number of benzene rings is 2. The first-order chi connectivity index (χ1) is 9.11. The van der Waals surface area contributed by atoms with Gasteiger partial charge < -0.3 is 0 Å². The summed E-state index contributed by atoms with van der Waals surface area (Å²) in [5, 5.41) is 0. The number of alkyl halides is 1. The summed E-state index contributed by atoms with van der Waals surface area (Å²) in [6.45, 7) is 1.93. The van der Waals surface area contributed by atoms with Crippen LogP contribution in [0.25, 0.3) is 0 Å². The molecular weight excluding hydrogens is 266 g/mol. The third kappa shape index (κ3) is 6.92. The van der Waals surface area contributed by atoms with Gasteiger partial charge in [-0.05, 0) is 49.6 Å². The van der Waals surface area contributed by atoms with Crippen molar-refractivity contribution in [3.05, 3.63) is 71.3 Å². The molecule has 0 bridgehead atoms. The summed E-state index contributed by atoms with van der Waals surface area (Å²) in [7, 11) is 0. The van der Waals surface area contributed by atoms with Crippen LogP contribution >= 0.6 is 11.6 Å². The average Bonchev–Trinajstić information content (AvgIpc) is 2.42. The Hall–Kier alpha value is -1.41. The minimum Gasteiger partial charge on any atom is -0.207 e. The quantitative estimate of drug-likeness (QED) is 0.685. The number of hydrogen-bond donors (Lipinski definition) is 0. The molecule has 0 aliphatic heterocycles. The highest BCUT2D eigenvalue weighted by molar-refractivity contribution is 6.17. The van der Waals surface area contributed by atoms with E-state index in [0.717, 1.165) is 24.0 Å². The van der Waals surface area contributed by atoms with E-state index in [1.807, 2.05) is 6.92 Å². The number of hydrogen-bond acceptors (Lipinski definition) is 0. The summed E-state index contributed by atoms with van der Waals surface area (Å²) in [6.07, 6.45) is 1.89. The van der Waals surface area contributed by atoms with Crippen LogP contribution in [0, 0.1) is 18.6 Å². The van der Waals surface area contributed by atoms with E-state index in [0.29, 0.717) is 5.88 Å². The summed E-state index contributed by atoms with van der Waals surface area (Å²) in [5.41, 5.74) is 2.23. The van der Waals surface area contributed by atoms with Gasteiger partial charge in [-0.25, -0.2) is 8.78 Å². The zero-order valence-electron chi connectivity index (χ0n) is 10.9. The summed E-state index contributed by atoms with van der Waals surface area (Å²) in [6, 6.07) is 12.9. The Morgan fingerprint density at radius 1 is 0.842 bits per heavy atom. The number of halogens is 3. The lowest BCUT2D eigenvalue weighted by atomic mass is 10.1. The second kappa shape index (κ2) is 8.65. The van der Waals surface area contributed by atoms with Gasteiger partial charge in [-0.1, -0.05) is 29.8 Å². The van der Waals surface area contributed by atoms with E-state index >= 15 is 0 Å². The molecule has 2 aromatic carbocycles. The zero-order valence-corrected chi connectivity index (χ0v) is 11.6. The SMILES string of the molecule is Cc1ccc(F)cc1.Fc1ccc(CCCCl)cc1. The first-order valence-corrected chi connectivity index (χ1v) is 6.68. The normalized spacial score (nSPS) is 9.68. The minimum atomic E-state index is -0.181. The van der Waals surface area contributed by atoms with Crippen LogP contribution in [0.1, 0.15) is 17.5 Å². The molecule has 0 N–H and O–H groups in total. The third-order valence-electron chi connectivity index (χ3n) is 2.52. The van der Waals surface area contributed by atoms with Crippen LogP contribution in [0.3, 0.4) is 0 Å². The van der Waals surface area contributed by atoms with E-state index in [1.54, 1.807) is 24.3 Å². The molecule has 2 aromatic rings. The molecule has 0 amide bonds. The number of aryl methyl sites for hydroxylation is 2. The average molecular weight is 283 g/mol. The molecule has 102 valence electrons. The van der Waals surface area contributed by atoms with Crippen LogP contribution in [0.2, 0.25) is 0 Å². The van der Waals surface area contributed by atoms with E-state index in [4.69, 9.17) is 11.6 Å². The van der Waals surface area contributed by atoms with Crippen molar-refractivity contribution in [3.63, 3.8) is 0 Å². The van der Waals surface area contributed by atoms with Gasteiger partial charge in [-0.2, -0.15) is 0 Å². The van der Waals surface area contributed by atoms with E-state index in [1.165, 1.54) is 24.3 Å². The molecule has 0 radical (unpaired) electrons. The maximum absolute atomic E-state index is 12.4. The fourth-order valence-corrected chi connectivity index (χ4v) is 1.59. The van der Waals surface area contributed by atoms with E-state index < -0.39 is 0 Å². The summed E-state index contributed by atoms with van der Waals surface area (Å²) >= 11 is 5.51. The molecule has 3 heteroatoms. The van der Waals surface area contributed by atoms with Gasteiger partial charge in [0, 0.05) is 5.88 Å². The molecule has 0 aromatic heterocycles. The van der Waals surface area contributed by atoms with Gasteiger partial charge in [-0.15, -0.1) is 11.6 Å². The van der Waals surface area contributed by atoms with Crippen molar-refractivity contribution in [2.24, 2.45) is 0 Å². The number of rotatable bonds is 3. The van der Waals surface area contributed by atoms with Crippen LogP contribution in [0.5, 0.6) is 0 Å². The predicted molar refractivity (Wildman–Crippen MR) is 76.6 cm³/mol. The molecule has 0 nitrogen and oxygen atoms in total. The molecule has 0 aliphatic rings. The molecule has 0 heterocycles. The lowest BCUT2D eigenvalue weighted by Gasteiger charge is -1.97. The van der Waals surface area contributed by atoms with Gasteiger partial charge in [0.15, 0.2) is 0 Å². The van der Waals surface area contributed by atoms with Crippen LogP contribution in [0.4, 0.5) is 8.78 Å². The van der Waals surface area contributed by atoms with Crippen molar-refractivity contribution < 1.29 is 8.78 Å². The zero-order chi connectivity index (χ0) is 14.1. The predicted octanol–water partition coefficient (Wildman–Crippen LogP) is 5.13. The standard InChI is InChI=1S/C9H10ClF.C7H7F/c10-7-1-2-8-3-5-9(11)6-4-8;1-6-2-4-7(8)5-3-6/h3-6H,1-2,7H2;2-5H,1H3. The molecule has 19 heavy (non-hydrogen) atoms. The molecule has 0 saturated heterocycles. The summed E-state index contributed by atoms with van der Waals surface area (Å²) < 4.78 is 24.5. The topological polar surface area (TPSA) is 0 Å². The van der Waals surface area contributed by atoms with Crippen molar-refractivity contribution in [2.45, 2.75) is 19.8 Å². The molecule has 0 fully saturated rings. The van der Waals surface area contributed by atoms with Gasteiger partial charge in [0.2, 0.25) is 0 Å². The lowest BCUT2D eigenvalue weighted by Crippen LogP contribution is -1.85. The fourth-order valence-electron chi connectivity index (χ4n) is 1.46. The Morgan fingerprint density at radius 2 is 1.32 bits per heavy atom. The monoisotopic (exact) mass is 282 g/mol. The Balaban J connectivity index is 0.000000200. The van der Waals surface area contributed by atoms with Gasteiger partial charge in [0.1, 0.15) is 11.6 Å². The Kier molecular flexibility index (Phi) is 7.12. The molecule has 0 aliphatic carbocycles. The first kappa shape index (κ1) is 15.6. The summed E-state index contributed by atoms with van der Waals surface area (Å²) in [5.74, 6) is 0.312. The third-order valence-corrected chi connectivity index (χ3v) is 2.79. The molecule has 0 atom stereocenters. The maximum Gasteiger partial charge on any atom is 0.123 e. The van der Waals surface area contributed by atoms with Crippen molar-refractivity contribution in [2.75, 3.05) is 5.88 Å². The fraction of sp³-hybridized carbons (Fsp3) is 0.250.